The first kappa shape index (κ1) is 20.7. The molecule has 0 amide bonds. The number of hydrogen-bond acceptors (Lipinski definition) is 6. The van der Waals surface area contributed by atoms with E-state index in [2.05, 4.69) is 16.4 Å². The molecule has 0 fully saturated rings. The lowest BCUT2D eigenvalue weighted by atomic mass is 10.0. The van der Waals surface area contributed by atoms with Gasteiger partial charge in [0.1, 0.15) is 0 Å². The van der Waals surface area contributed by atoms with Crippen LogP contribution < -0.4 is 10.4 Å². The van der Waals surface area contributed by atoms with Gasteiger partial charge in [-0.25, -0.2) is 0 Å². The number of fused-ring (bicyclic) bond motifs is 1. The predicted molar refractivity (Wildman–Crippen MR) is 115 cm³/mol. The van der Waals surface area contributed by atoms with Gasteiger partial charge in [0.2, 0.25) is 0 Å². The van der Waals surface area contributed by atoms with Crippen LogP contribution in [0.3, 0.4) is 0 Å². The Morgan fingerprint density at radius 3 is 2.62 bits per heavy atom. The van der Waals surface area contributed by atoms with Crippen LogP contribution in [0.2, 0.25) is 0 Å². The van der Waals surface area contributed by atoms with Crippen molar-refractivity contribution in [3.63, 3.8) is 0 Å². The normalized spacial score (nSPS) is 10.6. The molecular weight excluding hydrogens is 382 g/mol. The minimum atomic E-state index is -0.970. The summed E-state index contributed by atoms with van der Waals surface area (Å²) in [4.78, 5) is 15.8. The second-order valence-electron chi connectivity index (χ2n) is 6.70. The highest BCUT2D eigenvalue weighted by atomic mass is 32.2. The van der Waals surface area contributed by atoms with Crippen LogP contribution in [0.25, 0.3) is 10.8 Å². The van der Waals surface area contributed by atoms with Crippen LogP contribution in [0.15, 0.2) is 59.8 Å². The number of aliphatic carboxylic acids is 1. The van der Waals surface area contributed by atoms with E-state index in [0.29, 0.717) is 12.0 Å². The summed E-state index contributed by atoms with van der Waals surface area (Å²) in [6.45, 7) is 0. The Hall–Kier alpha value is -3.04. The summed E-state index contributed by atoms with van der Waals surface area (Å²) in [7, 11) is 0. The SMILES string of the molecule is N#Cc1ccc(Nc2cnccc2SCCCCCCC(=O)[O-])c2ccccc12. The van der Waals surface area contributed by atoms with Gasteiger partial charge in [-0.1, -0.05) is 37.1 Å². The summed E-state index contributed by atoms with van der Waals surface area (Å²) in [5.41, 5.74) is 2.53. The fraction of sp³-hybridized carbons (Fsp3) is 0.261. The van der Waals surface area contributed by atoms with Crippen molar-refractivity contribution in [2.75, 3.05) is 11.1 Å². The molecule has 1 N–H and O–H groups in total. The quantitative estimate of drug-likeness (QED) is 0.391. The zero-order valence-corrected chi connectivity index (χ0v) is 16.9. The first-order valence-corrected chi connectivity index (χ1v) is 10.6. The minimum absolute atomic E-state index is 0.143. The number of anilines is 2. The van der Waals surface area contributed by atoms with Crippen molar-refractivity contribution < 1.29 is 9.90 Å². The van der Waals surface area contributed by atoms with Crippen LogP contribution in [0, 0.1) is 11.3 Å². The molecule has 0 unspecified atom stereocenters. The van der Waals surface area contributed by atoms with E-state index in [4.69, 9.17) is 0 Å². The molecule has 0 saturated heterocycles. The lowest BCUT2D eigenvalue weighted by Gasteiger charge is -2.14. The number of unbranched alkanes of at least 4 members (excludes halogenated alkanes) is 3. The number of aromatic nitrogens is 1. The monoisotopic (exact) mass is 404 g/mol. The molecule has 0 aliphatic heterocycles. The van der Waals surface area contributed by atoms with Gasteiger partial charge in [0.05, 0.1) is 23.5 Å². The number of carbonyl (C=O) groups is 1. The van der Waals surface area contributed by atoms with Crippen LogP contribution in [-0.2, 0) is 4.79 Å². The Labute approximate surface area is 174 Å². The van der Waals surface area contributed by atoms with Gasteiger partial charge in [-0.3, -0.25) is 4.98 Å². The smallest absolute Gasteiger partial charge is 0.0998 e. The van der Waals surface area contributed by atoms with E-state index in [1.165, 1.54) is 0 Å². The highest BCUT2D eigenvalue weighted by molar-refractivity contribution is 7.99. The summed E-state index contributed by atoms with van der Waals surface area (Å²) in [6.07, 6.45) is 7.37. The first-order valence-electron chi connectivity index (χ1n) is 9.64. The maximum Gasteiger partial charge on any atom is 0.0998 e. The van der Waals surface area contributed by atoms with E-state index in [1.54, 1.807) is 18.0 Å². The molecule has 0 saturated carbocycles. The average molecular weight is 405 g/mol. The zero-order chi connectivity index (χ0) is 20.5. The maximum atomic E-state index is 10.4. The third kappa shape index (κ3) is 5.72. The number of benzene rings is 2. The standard InChI is InChI=1S/C23H23N3O2S/c24-15-17-10-11-20(19-8-5-4-7-18(17)19)26-21-16-25-13-12-22(21)29-14-6-2-1-3-9-23(27)28/h4-5,7-8,10-13,16,26H,1-3,6,9,14H2,(H,27,28)/p-1. The van der Waals surface area contributed by atoms with Crippen molar-refractivity contribution in [1.29, 1.82) is 5.26 Å². The van der Waals surface area contributed by atoms with Crippen LogP contribution in [0.5, 0.6) is 0 Å². The van der Waals surface area contributed by atoms with E-state index in [1.807, 2.05) is 48.7 Å². The Morgan fingerprint density at radius 2 is 1.83 bits per heavy atom. The summed E-state index contributed by atoms with van der Waals surface area (Å²) >= 11 is 1.76. The lowest BCUT2D eigenvalue weighted by molar-refractivity contribution is -0.305. The topological polar surface area (TPSA) is 88.8 Å². The Kier molecular flexibility index (Phi) is 7.48. The molecule has 2 aromatic carbocycles. The van der Waals surface area contributed by atoms with E-state index >= 15 is 0 Å². The number of carboxylic acid groups (broad SMARTS) is 1. The van der Waals surface area contributed by atoms with Crippen LogP contribution in [0.1, 0.15) is 37.7 Å². The second-order valence-corrected chi connectivity index (χ2v) is 7.84. The molecule has 0 radical (unpaired) electrons. The first-order chi connectivity index (χ1) is 14.2. The van der Waals surface area contributed by atoms with Crippen molar-refractivity contribution in [1.82, 2.24) is 4.98 Å². The molecule has 1 aromatic heterocycles. The Morgan fingerprint density at radius 1 is 1.03 bits per heavy atom. The molecule has 0 aliphatic rings. The molecule has 0 aliphatic carbocycles. The minimum Gasteiger partial charge on any atom is -0.550 e. The van der Waals surface area contributed by atoms with Crippen LogP contribution in [0.4, 0.5) is 11.4 Å². The highest BCUT2D eigenvalue weighted by Gasteiger charge is 2.08. The highest BCUT2D eigenvalue weighted by Crippen LogP contribution is 2.33. The number of rotatable bonds is 10. The molecule has 0 atom stereocenters. The van der Waals surface area contributed by atoms with Crippen molar-refractivity contribution in [2.45, 2.75) is 37.0 Å². The average Bonchev–Trinajstić information content (AvgIpc) is 2.74. The van der Waals surface area contributed by atoms with Crippen molar-refractivity contribution >= 4 is 39.9 Å². The van der Waals surface area contributed by atoms with Gasteiger partial charge in [0.25, 0.3) is 0 Å². The molecule has 29 heavy (non-hydrogen) atoms. The van der Waals surface area contributed by atoms with Crippen molar-refractivity contribution in [2.24, 2.45) is 0 Å². The molecule has 3 aromatic rings. The fourth-order valence-electron chi connectivity index (χ4n) is 3.16. The maximum absolute atomic E-state index is 10.4. The summed E-state index contributed by atoms with van der Waals surface area (Å²) in [6, 6.07) is 15.9. The van der Waals surface area contributed by atoms with E-state index in [-0.39, 0.29) is 6.42 Å². The van der Waals surface area contributed by atoms with E-state index < -0.39 is 5.97 Å². The van der Waals surface area contributed by atoms with Gasteiger partial charge in [0.15, 0.2) is 0 Å². The zero-order valence-electron chi connectivity index (χ0n) is 16.1. The third-order valence-electron chi connectivity index (χ3n) is 4.63. The molecule has 6 heteroatoms. The number of pyridine rings is 1. The largest absolute Gasteiger partial charge is 0.550 e. The lowest BCUT2D eigenvalue weighted by Crippen LogP contribution is -2.21. The molecule has 5 nitrogen and oxygen atoms in total. The Bertz CT molecular complexity index is 1030. The molecule has 0 spiro atoms. The van der Waals surface area contributed by atoms with E-state index in [9.17, 15) is 15.2 Å². The van der Waals surface area contributed by atoms with Crippen molar-refractivity contribution in [3.8, 4) is 6.07 Å². The van der Waals surface area contributed by atoms with Crippen molar-refractivity contribution in [3.05, 3.63) is 60.4 Å². The number of nitrogens with zero attached hydrogens (tertiary/aromatic N) is 2. The number of carboxylic acids is 1. The number of thioether (sulfide) groups is 1. The summed E-state index contributed by atoms with van der Waals surface area (Å²) < 4.78 is 0. The van der Waals surface area contributed by atoms with Gasteiger partial charge in [-0.2, -0.15) is 5.26 Å². The van der Waals surface area contributed by atoms with Gasteiger partial charge in [-0.05, 0) is 43.2 Å². The van der Waals surface area contributed by atoms with Gasteiger partial charge >= 0.3 is 0 Å². The Balaban J connectivity index is 1.65. The number of carbonyl (C=O) groups excluding carboxylic acids is 1. The second kappa shape index (κ2) is 10.5. The van der Waals surface area contributed by atoms with Gasteiger partial charge in [-0.15, -0.1) is 11.8 Å². The molecule has 0 bridgehead atoms. The third-order valence-corrected chi connectivity index (χ3v) is 5.79. The molecule has 3 rings (SSSR count). The summed E-state index contributed by atoms with van der Waals surface area (Å²) in [5.74, 6) is -0.0137. The molecular formula is C23H22N3O2S-. The fourth-order valence-corrected chi connectivity index (χ4v) is 4.14. The summed E-state index contributed by atoms with van der Waals surface area (Å²) in [5, 5.41) is 25.2. The number of hydrogen-bond donors (Lipinski definition) is 1. The van der Waals surface area contributed by atoms with Crippen LogP contribution in [-0.4, -0.2) is 16.7 Å². The molecule has 1 heterocycles. The number of nitriles is 1. The number of nitrogens with one attached hydrogen (secondary N) is 1. The predicted octanol–water partition coefficient (Wildman–Crippen LogP) is 4.64. The van der Waals surface area contributed by atoms with Gasteiger partial charge in [0, 0.05) is 33.5 Å². The van der Waals surface area contributed by atoms with Gasteiger partial charge < -0.3 is 15.2 Å². The molecule has 148 valence electrons. The van der Waals surface area contributed by atoms with E-state index in [0.717, 1.165) is 52.1 Å². The van der Waals surface area contributed by atoms with Crippen LogP contribution >= 0.6 is 11.8 Å².